The Labute approximate surface area is 84.9 Å². The molecule has 0 heterocycles. The molecule has 0 fully saturated rings. The third-order valence-corrected chi connectivity index (χ3v) is 3.45. The van der Waals surface area contributed by atoms with Gasteiger partial charge < -0.3 is 5.32 Å². The van der Waals surface area contributed by atoms with Crippen LogP contribution in [0.3, 0.4) is 0 Å². The molecule has 0 aliphatic carbocycles. The van der Waals surface area contributed by atoms with Crippen molar-refractivity contribution in [2.75, 3.05) is 12.3 Å². The molecule has 0 saturated carbocycles. The topological polar surface area (TPSA) is 29.1 Å². The first-order chi connectivity index (χ1) is 5.83. The Hall–Kier alpha value is 0.110. The van der Waals surface area contributed by atoms with Gasteiger partial charge in [0.2, 0.25) is 0 Å². The van der Waals surface area contributed by atoms with Crippen molar-refractivity contribution in [2.24, 2.45) is 0 Å². The van der Waals surface area contributed by atoms with Gasteiger partial charge in [0.15, 0.2) is 0 Å². The third kappa shape index (κ3) is 8.44. The first-order valence-electron chi connectivity index (χ1n) is 4.95. The summed E-state index contributed by atoms with van der Waals surface area (Å²) >= 11 is 0. The van der Waals surface area contributed by atoms with E-state index in [4.69, 9.17) is 0 Å². The molecule has 0 radical (unpaired) electrons. The summed E-state index contributed by atoms with van der Waals surface area (Å²) in [7, 11) is -0.640. The van der Waals surface area contributed by atoms with E-state index in [9.17, 15) is 4.21 Å². The molecule has 0 bridgehead atoms. The molecule has 3 heteroatoms. The molecule has 0 spiro atoms. The average molecular weight is 205 g/mol. The van der Waals surface area contributed by atoms with Crippen LogP contribution in [-0.4, -0.2) is 27.3 Å². The van der Waals surface area contributed by atoms with Crippen LogP contribution < -0.4 is 5.32 Å². The number of hydrogen-bond acceptors (Lipinski definition) is 2. The van der Waals surface area contributed by atoms with Crippen LogP contribution in [0.4, 0.5) is 0 Å². The van der Waals surface area contributed by atoms with Gasteiger partial charge in [0.25, 0.3) is 0 Å². The molecule has 0 aromatic heterocycles. The van der Waals surface area contributed by atoms with E-state index >= 15 is 0 Å². The Morgan fingerprint density at radius 2 is 1.85 bits per heavy atom. The van der Waals surface area contributed by atoms with Gasteiger partial charge in [-0.3, -0.25) is 4.21 Å². The second-order valence-corrected chi connectivity index (χ2v) is 6.78. The predicted molar refractivity (Wildman–Crippen MR) is 60.5 cm³/mol. The summed E-state index contributed by atoms with van der Waals surface area (Å²) in [5, 5.41) is 3.68. The predicted octanol–water partition coefficient (Wildman–Crippen LogP) is 1.92. The fourth-order valence-electron chi connectivity index (χ4n) is 0.914. The molecule has 0 aliphatic rings. The third-order valence-electron chi connectivity index (χ3n) is 1.70. The van der Waals surface area contributed by atoms with Gasteiger partial charge >= 0.3 is 0 Å². The molecule has 0 rings (SSSR count). The summed E-state index contributed by atoms with van der Waals surface area (Å²) in [5.41, 5.74) is 0.180. The summed E-state index contributed by atoms with van der Waals surface area (Å²) in [6.45, 7) is 11.4. The van der Waals surface area contributed by atoms with E-state index in [0.29, 0.717) is 5.25 Å². The summed E-state index contributed by atoms with van der Waals surface area (Å²) in [4.78, 5) is 0. The Bertz CT molecular complexity index is 161. The standard InChI is InChI=1S/C10H23NOS/c1-9(2)13(12)8-6-7-11-10(3,4)5/h9,11H,6-8H2,1-5H3. The molecule has 0 aliphatic heterocycles. The Kier molecular flexibility index (Phi) is 5.81. The van der Waals surface area contributed by atoms with Crippen molar-refractivity contribution in [1.82, 2.24) is 5.32 Å². The van der Waals surface area contributed by atoms with Gasteiger partial charge in [0.1, 0.15) is 0 Å². The fraction of sp³-hybridized carbons (Fsp3) is 1.00. The fourth-order valence-corrected chi connectivity index (χ4v) is 1.81. The lowest BCUT2D eigenvalue weighted by Gasteiger charge is -2.20. The maximum atomic E-state index is 11.4. The highest BCUT2D eigenvalue weighted by Crippen LogP contribution is 2.00. The zero-order chi connectivity index (χ0) is 10.5. The molecule has 0 aromatic rings. The van der Waals surface area contributed by atoms with Gasteiger partial charge in [-0.15, -0.1) is 0 Å². The summed E-state index contributed by atoms with van der Waals surface area (Å²) in [5.74, 6) is 0.820. The van der Waals surface area contributed by atoms with Crippen molar-refractivity contribution in [3.8, 4) is 0 Å². The molecule has 80 valence electrons. The number of hydrogen-bond donors (Lipinski definition) is 1. The zero-order valence-electron chi connectivity index (χ0n) is 9.52. The van der Waals surface area contributed by atoms with Crippen LogP contribution in [0.5, 0.6) is 0 Å². The van der Waals surface area contributed by atoms with Crippen molar-refractivity contribution in [3.63, 3.8) is 0 Å². The lowest BCUT2D eigenvalue weighted by Crippen LogP contribution is -2.36. The molecular formula is C10H23NOS. The lowest BCUT2D eigenvalue weighted by atomic mass is 10.1. The summed E-state index contributed by atoms with van der Waals surface area (Å²) < 4.78 is 11.4. The van der Waals surface area contributed by atoms with Crippen molar-refractivity contribution >= 4 is 10.8 Å². The molecule has 0 amide bonds. The van der Waals surface area contributed by atoms with Gasteiger partial charge in [0.05, 0.1) is 0 Å². The highest BCUT2D eigenvalue weighted by atomic mass is 32.2. The lowest BCUT2D eigenvalue weighted by molar-refractivity contribution is 0.427. The smallest absolute Gasteiger partial charge is 0.0291 e. The normalized spacial score (nSPS) is 14.9. The van der Waals surface area contributed by atoms with E-state index in [1.54, 1.807) is 0 Å². The quantitative estimate of drug-likeness (QED) is 0.695. The molecule has 1 N–H and O–H groups in total. The largest absolute Gasteiger partial charge is 0.312 e. The first kappa shape index (κ1) is 13.1. The van der Waals surface area contributed by atoms with Crippen molar-refractivity contribution in [3.05, 3.63) is 0 Å². The molecular weight excluding hydrogens is 182 g/mol. The van der Waals surface area contributed by atoms with Gasteiger partial charge in [-0.2, -0.15) is 0 Å². The van der Waals surface area contributed by atoms with E-state index in [-0.39, 0.29) is 5.54 Å². The van der Waals surface area contributed by atoms with Crippen molar-refractivity contribution < 1.29 is 4.21 Å². The first-order valence-corrected chi connectivity index (χ1v) is 6.33. The van der Waals surface area contributed by atoms with E-state index in [2.05, 4.69) is 26.1 Å². The van der Waals surface area contributed by atoms with Gasteiger partial charge in [0, 0.05) is 27.3 Å². The SMILES string of the molecule is CC(C)S(=O)CCCNC(C)(C)C. The van der Waals surface area contributed by atoms with Crippen molar-refractivity contribution in [2.45, 2.75) is 51.8 Å². The van der Waals surface area contributed by atoms with E-state index in [1.807, 2.05) is 13.8 Å². The Morgan fingerprint density at radius 3 is 2.23 bits per heavy atom. The second-order valence-electron chi connectivity index (χ2n) is 4.66. The van der Waals surface area contributed by atoms with Crippen LogP contribution in [-0.2, 0) is 10.8 Å². The summed E-state index contributed by atoms with van der Waals surface area (Å²) in [6.07, 6.45) is 1.00. The van der Waals surface area contributed by atoms with Crippen LogP contribution in [0.2, 0.25) is 0 Å². The monoisotopic (exact) mass is 205 g/mol. The Balaban J connectivity index is 3.42. The number of rotatable bonds is 5. The van der Waals surface area contributed by atoms with Crippen LogP contribution in [0.25, 0.3) is 0 Å². The number of nitrogens with one attached hydrogen (secondary N) is 1. The van der Waals surface area contributed by atoms with Crippen molar-refractivity contribution in [1.29, 1.82) is 0 Å². The minimum atomic E-state index is -0.640. The van der Waals surface area contributed by atoms with Crippen LogP contribution >= 0.6 is 0 Å². The highest BCUT2D eigenvalue weighted by Gasteiger charge is 2.08. The molecule has 1 unspecified atom stereocenters. The Morgan fingerprint density at radius 1 is 1.31 bits per heavy atom. The molecule has 0 saturated heterocycles. The maximum absolute atomic E-state index is 11.4. The van der Waals surface area contributed by atoms with E-state index < -0.39 is 10.8 Å². The van der Waals surface area contributed by atoms with Gasteiger partial charge in [-0.25, -0.2) is 0 Å². The van der Waals surface area contributed by atoms with Crippen LogP contribution in [0, 0.1) is 0 Å². The maximum Gasteiger partial charge on any atom is 0.0291 e. The average Bonchev–Trinajstić information content (AvgIpc) is 1.95. The molecule has 2 nitrogen and oxygen atoms in total. The molecule has 0 aromatic carbocycles. The highest BCUT2D eigenvalue weighted by molar-refractivity contribution is 7.85. The zero-order valence-corrected chi connectivity index (χ0v) is 10.3. The van der Waals surface area contributed by atoms with E-state index in [0.717, 1.165) is 18.7 Å². The van der Waals surface area contributed by atoms with Gasteiger partial charge in [-0.05, 0) is 33.7 Å². The second kappa shape index (κ2) is 5.76. The van der Waals surface area contributed by atoms with Gasteiger partial charge in [-0.1, -0.05) is 13.8 Å². The van der Waals surface area contributed by atoms with Crippen LogP contribution in [0.15, 0.2) is 0 Å². The van der Waals surface area contributed by atoms with E-state index in [1.165, 1.54) is 0 Å². The summed E-state index contributed by atoms with van der Waals surface area (Å²) in [6, 6.07) is 0. The minimum absolute atomic E-state index is 0.180. The molecule has 13 heavy (non-hydrogen) atoms. The van der Waals surface area contributed by atoms with Crippen LogP contribution in [0.1, 0.15) is 41.0 Å². The molecule has 1 atom stereocenters. The minimum Gasteiger partial charge on any atom is -0.312 e.